The van der Waals surface area contributed by atoms with Crippen molar-refractivity contribution in [3.63, 3.8) is 0 Å². The summed E-state index contributed by atoms with van der Waals surface area (Å²) in [4.78, 5) is 31.3. The molecule has 0 amide bonds. The maximum atomic E-state index is 12.4. The van der Waals surface area contributed by atoms with Crippen LogP contribution in [-0.4, -0.2) is 110 Å². The van der Waals surface area contributed by atoms with E-state index >= 15 is 0 Å². The Morgan fingerprint density at radius 3 is 1.47 bits per heavy atom. The largest absolute Gasteiger partial charge is 0.459 e. The maximum Gasteiger partial charge on any atom is 0.320 e. The molecule has 0 aliphatic carbocycles. The van der Waals surface area contributed by atoms with Crippen molar-refractivity contribution in [1.82, 2.24) is 20.0 Å². The number of esters is 2. The monoisotopic (exact) mass is 428 g/mol. The molecule has 0 bridgehead atoms. The van der Waals surface area contributed by atoms with E-state index in [2.05, 4.69) is 26.9 Å². The van der Waals surface area contributed by atoms with E-state index in [1.54, 1.807) is 0 Å². The van der Waals surface area contributed by atoms with Crippen LogP contribution in [0.5, 0.6) is 0 Å². The van der Waals surface area contributed by atoms with Crippen LogP contribution in [-0.2, 0) is 19.1 Å². The molecule has 1 aliphatic rings. The summed E-state index contributed by atoms with van der Waals surface area (Å²) in [5.41, 5.74) is -0.984. The number of rotatable bonds is 5. The molecule has 0 atom stereocenters. The number of hydrogen-bond donors (Lipinski definition) is 1. The highest BCUT2D eigenvalue weighted by Gasteiger charge is 2.22. The third kappa shape index (κ3) is 13.2. The molecule has 1 heterocycles. The van der Waals surface area contributed by atoms with Crippen molar-refractivity contribution < 1.29 is 19.1 Å². The number of ether oxygens (including phenoxy) is 2. The van der Waals surface area contributed by atoms with E-state index in [1.807, 2.05) is 41.5 Å². The lowest BCUT2D eigenvalue weighted by atomic mass is 10.2. The molecule has 8 heteroatoms. The fourth-order valence-corrected chi connectivity index (χ4v) is 3.25. The fraction of sp³-hybridized carbons (Fsp3) is 0.909. The van der Waals surface area contributed by atoms with Crippen LogP contribution in [0, 0.1) is 0 Å². The normalized spacial score (nSPS) is 19.6. The van der Waals surface area contributed by atoms with Gasteiger partial charge in [-0.1, -0.05) is 6.92 Å². The highest BCUT2D eigenvalue weighted by molar-refractivity contribution is 5.72. The summed E-state index contributed by atoms with van der Waals surface area (Å²) in [6.45, 7) is 21.4. The van der Waals surface area contributed by atoms with Crippen LogP contribution in [0.25, 0.3) is 0 Å². The van der Waals surface area contributed by atoms with E-state index in [0.29, 0.717) is 13.1 Å². The van der Waals surface area contributed by atoms with Crippen LogP contribution in [0.4, 0.5) is 0 Å². The molecular formula is C22H44N4O4. The Hall–Kier alpha value is -1.22. The molecule has 0 spiro atoms. The van der Waals surface area contributed by atoms with Gasteiger partial charge in [-0.2, -0.15) is 0 Å². The van der Waals surface area contributed by atoms with Gasteiger partial charge in [0.1, 0.15) is 11.2 Å². The molecule has 0 radical (unpaired) electrons. The second-order valence-corrected chi connectivity index (χ2v) is 9.91. The molecule has 0 aromatic carbocycles. The van der Waals surface area contributed by atoms with Gasteiger partial charge in [0, 0.05) is 52.4 Å². The van der Waals surface area contributed by atoms with Crippen molar-refractivity contribution in [2.45, 2.75) is 59.7 Å². The average Bonchev–Trinajstić information content (AvgIpc) is 2.56. The average molecular weight is 429 g/mol. The predicted molar refractivity (Wildman–Crippen MR) is 120 cm³/mol. The van der Waals surface area contributed by atoms with Crippen LogP contribution in [0.15, 0.2) is 0 Å². The highest BCUT2D eigenvalue weighted by atomic mass is 16.6. The van der Waals surface area contributed by atoms with E-state index in [0.717, 1.165) is 45.8 Å². The van der Waals surface area contributed by atoms with Crippen molar-refractivity contribution in [2.24, 2.45) is 0 Å². The second-order valence-electron chi connectivity index (χ2n) is 9.91. The van der Waals surface area contributed by atoms with E-state index in [4.69, 9.17) is 9.47 Å². The van der Waals surface area contributed by atoms with Gasteiger partial charge < -0.3 is 19.7 Å². The van der Waals surface area contributed by atoms with Gasteiger partial charge in [-0.05, 0) is 48.1 Å². The van der Waals surface area contributed by atoms with Gasteiger partial charge in [-0.15, -0.1) is 0 Å². The zero-order valence-corrected chi connectivity index (χ0v) is 20.3. The van der Waals surface area contributed by atoms with Crippen molar-refractivity contribution in [2.75, 3.05) is 72.0 Å². The minimum absolute atomic E-state index is 0.210. The Morgan fingerprint density at radius 1 is 0.700 bits per heavy atom. The molecule has 1 saturated heterocycles. The topological polar surface area (TPSA) is 74.4 Å². The minimum atomic E-state index is -0.493. The summed E-state index contributed by atoms with van der Waals surface area (Å²) in [7, 11) is 0. The molecule has 0 aromatic rings. The zero-order chi connectivity index (χ0) is 22.8. The fourth-order valence-electron chi connectivity index (χ4n) is 3.25. The van der Waals surface area contributed by atoms with E-state index in [1.165, 1.54) is 0 Å². The summed E-state index contributed by atoms with van der Waals surface area (Å²) in [6.07, 6.45) is 0. The first-order valence-corrected chi connectivity index (χ1v) is 11.2. The smallest absolute Gasteiger partial charge is 0.320 e. The summed E-state index contributed by atoms with van der Waals surface area (Å²) >= 11 is 0. The van der Waals surface area contributed by atoms with E-state index in [9.17, 15) is 9.59 Å². The third-order valence-electron chi connectivity index (χ3n) is 4.67. The number of carbonyl (C=O) groups excluding carboxylic acids is 2. The number of likely N-dealkylation sites (N-methyl/N-ethyl adjacent to an activating group) is 1. The van der Waals surface area contributed by atoms with Crippen LogP contribution < -0.4 is 5.32 Å². The lowest BCUT2D eigenvalue weighted by Crippen LogP contribution is -2.47. The van der Waals surface area contributed by atoms with Gasteiger partial charge in [0.05, 0.1) is 13.1 Å². The molecule has 1 aliphatic heterocycles. The Balaban J connectivity index is 2.76. The van der Waals surface area contributed by atoms with Gasteiger partial charge in [-0.3, -0.25) is 19.4 Å². The second kappa shape index (κ2) is 12.6. The first-order chi connectivity index (χ1) is 13.9. The molecular weight excluding hydrogens is 384 g/mol. The third-order valence-corrected chi connectivity index (χ3v) is 4.67. The number of carbonyl (C=O) groups is 2. The summed E-state index contributed by atoms with van der Waals surface area (Å²) in [5.74, 6) is -0.427. The van der Waals surface area contributed by atoms with Crippen LogP contribution in [0.2, 0.25) is 0 Å². The lowest BCUT2D eigenvalue weighted by Gasteiger charge is -2.31. The Kier molecular flexibility index (Phi) is 11.3. The number of nitrogens with one attached hydrogen (secondary N) is 1. The van der Waals surface area contributed by atoms with Crippen molar-refractivity contribution >= 4 is 11.9 Å². The molecule has 0 aromatic heterocycles. The summed E-state index contributed by atoms with van der Waals surface area (Å²) in [6, 6.07) is 0. The Labute approximate surface area is 183 Å². The minimum Gasteiger partial charge on any atom is -0.459 e. The van der Waals surface area contributed by atoms with E-state index < -0.39 is 11.2 Å². The lowest BCUT2D eigenvalue weighted by molar-refractivity contribution is -0.158. The summed E-state index contributed by atoms with van der Waals surface area (Å²) in [5, 5.41) is 3.46. The highest BCUT2D eigenvalue weighted by Crippen LogP contribution is 2.09. The first kappa shape index (κ1) is 26.8. The molecule has 0 saturated carbocycles. The van der Waals surface area contributed by atoms with Gasteiger partial charge in [-0.25, -0.2) is 0 Å². The number of hydrogen-bond acceptors (Lipinski definition) is 8. The van der Waals surface area contributed by atoms with Crippen molar-refractivity contribution in [3.8, 4) is 0 Å². The van der Waals surface area contributed by atoms with E-state index in [-0.39, 0.29) is 25.0 Å². The predicted octanol–water partition coefficient (Wildman–Crippen LogP) is 1.20. The molecule has 8 nitrogen and oxygen atoms in total. The van der Waals surface area contributed by atoms with Crippen LogP contribution in [0.3, 0.4) is 0 Å². The van der Waals surface area contributed by atoms with Crippen molar-refractivity contribution in [1.29, 1.82) is 0 Å². The maximum absolute atomic E-state index is 12.4. The first-order valence-electron chi connectivity index (χ1n) is 11.2. The number of nitrogens with zero attached hydrogens (tertiary/aromatic N) is 3. The van der Waals surface area contributed by atoms with Gasteiger partial charge in [0.25, 0.3) is 0 Å². The van der Waals surface area contributed by atoms with Gasteiger partial charge >= 0.3 is 11.9 Å². The zero-order valence-electron chi connectivity index (χ0n) is 20.3. The molecule has 176 valence electrons. The van der Waals surface area contributed by atoms with Crippen molar-refractivity contribution in [3.05, 3.63) is 0 Å². The molecule has 1 fully saturated rings. The Bertz CT molecular complexity index is 528. The molecule has 1 rings (SSSR count). The summed E-state index contributed by atoms with van der Waals surface area (Å²) < 4.78 is 11.0. The SMILES string of the molecule is CCN1CCNCCN(CC(=O)OC(C)(C)C)CCN(CC(=O)OC(C)(C)C)CC1. The molecule has 1 N–H and O–H groups in total. The standard InChI is InChI=1S/C22H44N4O4/c1-8-24-11-9-23-10-12-25(17-19(27)29-21(2,3)4)15-16-26(14-13-24)18-20(28)30-22(5,6)7/h23H,8-18H2,1-7H3. The van der Waals surface area contributed by atoms with Gasteiger partial charge in [0.15, 0.2) is 0 Å². The quantitative estimate of drug-likeness (QED) is 0.655. The van der Waals surface area contributed by atoms with Crippen LogP contribution >= 0.6 is 0 Å². The van der Waals surface area contributed by atoms with Crippen LogP contribution in [0.1, 0.15) is 48.5 Å². The molecule has 0 unspecified atom stereocenters. The van der Waals surface area contributed by atoms with Gasteiger partial charge in [0.2, 0.25) is 0 Å². The Morgan fingerprint density at radius 2 is 1.07 bits per heavy atom. The molecule has 30 heavy (non-hydrogen) atoms.